The molecule has 0 radical (unpaired) electrons. The lowest BCUT2D eigenvalue weighted by atomic mass is 10.2. The van der Waals surface area contributed by atoms with Crippen LogP contribution in [0, 0.1) is 19.7 Å². The van der Waals surface area contributed by atoms with Crippen LogP contribution in [0.1, 0.15) is 34.1 Å². The zero-order chi connectivity index (χ0) is 24.2. The van der Waals surface area contributed by atoms with Crippen molar-refractivity contribution in [1.29, 1.82) is 0 Å². The molecule has 7 nitrogen and oxygen atoms in total. The summed E-state index contributed by atoms with van der Waals surface area (Å²) in [5, 5.41) is 0.625. The lowest BCUT2D eigenvalue weighted by Gasteiger charge is -2.10. The summed E-state index contributed by atoms with van der Waals surface area (Å²) in [4.78, 5) is 29.1. The second kappa shape index (κ2) is 9.93. The van der Waals surface area contributed by atoms with Crippen LogP contribution in [0.25, 0.3) is 17.0 Å². The van der Waals surface area contributed by atoms with Crippen LogP contribution in [0.3, 0.4) is 0 Å². The first-order chi connectivity index (χ1) is 16.3. The lowest BCUT2D eigenvalue weighted by molar-refractivity contribution is -0.121. The van der Waals surface area contributed by atoms with Gasteiger partial charge >= 0.3 is 0 Å². The Morgan fingerprint density at radius 3 is 2.47 bits per heavy atom. The molecule has 2 aromatic heterocycles. The van der Waals surface area contributed by atoms with Crippen molar-refractivity contribution in [2.75, 3.05) is 0 Å². The molecule has 0 saturated heterocycles. The largest absolute Gasteiger partial charge is 0.441 e. The van der Waals surface area contributed by atoms with Crippen molar-refractivity contribution in [2.45, 2.75) is 26.7 Å². The molecule has 0 aliphatic rings. The summed E-state index contributed by atoms with van der Waals surface area (Å²) in [6.07, 6.45) is 1.94. The molecule has 0 aliphatic heterocycles. The van der Waals surface area contributed by atoms with E-state index in [1.807, 2.05) is 23.6 Å². The number of benzene rings is 2. The first kappa shape index (κ1) is 23.3. The molecule has 2 amide bonds. The number of aryl methyl sites for hydroxylation is 2. The highest BCUT2D eigenvalue weighted by molar-refractivity contribution is 6.30. The van der Waals surface area contributed by atoms with E-state index >= 15 is 0 Å². The summed E-state index contributed by atoms with van der Waals surface area (Å²) < 4.78 is 20.8. The monoisotopic (exact) mass is 480 g/mol. The predicted molar refractivity (Wildman–Crippen MR) is 126 cm³/mol. The molecule has 0 unspecified atom stereocenters. The average Bonchev–Trinajstić information content (AvgIpc) is 3.41. The van der Waals surface area contributed by atoms with Gasteiger partial charge in [-0.1, -0.05) is 11.6 Å². The molecule has 9 heteroatoms. The third-order valence-corrected chi connectivity index (χ3v) is 5.58. The molecule has 0 spiro atoms. The molecule has 0 aliphatic carbocycles. The van der Waals surface area contributed by atoms with Gasteiger partial charge in [0.15, 0.2) is 11.7 Å². The molecule has 0 fully saturated rings. The maximum Gasteiger partial charge on any atom is 0.271 e. The van der Waals surface area contributed by atoms with Gasteiger partial charge in [0.05, 0.1) is 11.8 Å². The zero-order valence-electron chi connectivity index (χ0n) is 18.6. The summed E-state index contributed by atoms with van der Waals surface area (Å²) in [5.74, 6) is -0.174. The Morgan fingerprint density at radius 2 is 1.76 bits per heavy atom. The Kier molecular flexibility index (Phi) is 6.79. The van der Waals surface area contributed by atoms with Gasteiger partial charge in [0.25, 0.3) is 5.91 Å². The Labute approximate surface area is 200 Å². The van der Waals surface area contributed by atoms with Crippen LogP contribution in [0.5, 0.6) is 0 Å². The van der Waals surface area contributed by atoms with Crippen LogP contribution in [0.15, 0.2) is 65.2 Å². The number of rotatable bonds is 6. The molecule has 2 heterocycles. The smallest absolute Gasteiger partial charge is 0.271 e. The van der Waals surface area contributed by atoms with Crippen molar-refractivity contribution in [3.05, 3.63) is 94.5 Å². The molecule has 174 valence electrons. The quantitative estimate of drug-likeness (QED) is 0.383. The number of hydrogen-bond donors (Lipinski definition) is 2. The van der Waals surface area contributed by atoms with E-state index in [0.29, 0.717) is 27.9 Å². The van der Waals surface area contributed by atoms with E-state index < -0.39 is 5.91 Å². The SMILES string of the molecule is Cc1cc(C(=O)NNC(=O)CCc2ncc(-c3ccc(Cl)cc3)o2)c(C)n1-c1ccc(F)cc1. The Bertz CT molecular complexity index is 1330. The molecule has 2 N–H and O–H groups in total. The van der Waals surface area contributed by atoms with Crippen molar-refractivity contribution in [2.24, 2.45) is 0 Å². The maximum absolute atomic E-state index is 13.2. The van der Waals surface area contributed by atoms with Gasteiger partial charge in [0.1, 0.15) is 5.82 Å². The number of carbonyl (C=O) groups excluding carboxylic acids is 2. The van der Waals surface area contributed by atoms with Crippen molar-refractivity contribution in [1.82, 2.24) is 20.4 Å². The van der Waals surface area contributed by atoms with Crippen LogP contribution in [0.2, 0.25) is 5.02 Å². The van der Waals surface area contributed by atoms with Crippen molar-refractivity contribution in [3.63, 3.8) is 0 Å². The minimum atomic E-state index is -0.448. The Hall–Kier alpha value is -3.91. The first-order valence-corrected chi connectivity index (χ1v) is 10.9. The summed E-state index contributed by atoms with van der Waals surface area (Å²) in [6, 6.07) is 14.9. The summed E-state index contributed by atoms with van der Waals surface area (Å²) >= 11 is 5.90. The topological polar surface area (TPSA) is 89.2 Å². The average molecular weight is 481 g/mol. The van der Waals surface area contributed by atoms with Crippen LogP contribution in [0.4, 0.5) is 4.39 Å². The predicted octanol–water partition coefficient (Wildman–Crippen LogP) is 4.94. The molecular weight excluding hydrogens is 459 g/mol. The fraction of sp³-hybridized carbons (Fsp3) is 0.160. The molecule has 0 atom stereocenters. The summed E-state index contributed by atoms with van der Waals surface area (Å²) in [5.41, 5.74) is 8.31. The molecule has 2 aromatic carbocycles. The fourth-order valence-corrected chi connectivity index (χ4v) is 3.76. The van der Waals surface area contributed by atoms with Crippen molar-refractivity contribution < 1.29 is 18.4 Å². The number of aromatic nitrogens is 2. The first-order valence-electron chi connectivity index (χ1n) is 10.6. The van der Waals surface area contributed by atoms with E-state index in [9.17, 15) is 14.0 Å². The maximum atomic E-state index is 13.2. The van der Waals surface area contributed by atoms with E-state index in [-0.39, 0.29) is 24.6 Å². The number of halogens is 2. The highest BCUT2D eigenvalue weighted by Gasteiger charge is 2.17. The van der Waals surface area contributed by atoms with E-state index in [1.54, 1.807) is 43.5 Å². The van der Waals surface area contributed by atoms with Gasteiger partial charge in [-0.25, -0.2) is 9.37 Å². The van der Waals surface area contributed by atoms with Crippen LogP contribution >= 0.6 is 11.6 Å². The van der Waals surface area contributed by atoms with Gasteiger partial charge in [-0.2, -0.15) is 0 Å². The number of nitrogens with one attached hydrogen (secondary N) is 2. The number of oxazole rings is 1. The minimum absolute atomic E-state index is 0.0788. The van der Waals surface area contributed by atoms with Gasteiger partial charge in [-0.15, -0.1) is 0 Å². The van der Waals surface area contributed by atoms with Gasteiger partial charge < -0.3 is 8.98 Å². The molecule has 0 saturated carbocycles. The molecule has 34 heavy (non-hydrogen) atoms. The number of hydrogen-bond acceptors (Lipinski definition) is 4. The highest BCUT2D eigenvalue weighted by Crippen LogP contribution is 2.23. The molecular formula is C25H22ClFN4O3. The fourth-order valence-electron chi connectivity index (χ4n) is 3.63. The van der Waals surface area contributed by atoms with Gasteiger partial charge in [0.2, 0.25) is 5.91 Å². The van der Waals surface area contributed by atoms with Crippen LogP contribution in [-0.2, 0) is 11.2 Å². The van der Waals surface area contributed by atoms with Crippen molar-refractivity contribution in [3.8, 4) is 17.0 Å². The molecule has 0 bridgehead atoms. The van der Waals surface area contributed by atoms with Gasteiger partial charge in [-0.05, 0) is 68.4 Å². The minimum Gasteiger partial charge on any atom is -0.441 e. The molecule has 4 aromatic rings. The van der Waals surface area contributed by atoms with Gasteiger partial charge in [-0.3, -0.25) is 20.4 Å². The van der Waals surface area contributed by atoms with E-state index in [4.69, 9.17) is 16.0 Å². The van der Waals surface area contributed by atoms with Crippen molar-refractivity contribution >= 4 is 23.4 Å². The third kappa shape index (κ3) is 5.18. The second-order valence-electron chi connectivity index (χ2n) is 7.72. The van der Waals surface area contributed by atoms with Gasteiger partial charge in [0, 0.05) is 40.5 Å². The number of carbonyl (C=O) groups is 2. The van der Waals surface area contributed by atoms with E-state index in [2.05, 4.69) is 15.8 Å². The van der Waals surface area contributed by atoms with Crippen LogP contribution in [-0.4, -0.2) is 21.4 Å². The Balaban J connectivity index is 1.32. The van der Waals surface area contributed by atoms with Crippen LogP contribution < -0.4 is 10.9 Å². The number of amides is 2. The Morgan fingerprint density at radius 1 is 1.06 bits per heavy atom. The summed E-state index contributed by atoms with van der Waals surface area (Å²) in [6.45, 7) is 3.63. The molecule has 4 rings (SSSR count). The van der Waals surface area contributed by atoms with E-state index in [1.165, 1.54) is 12.1 Å². The third-order valence-electron chi connectivity index (χ3n) is 5.32. The normalized spacial score (nSPS) is 10.8. The highest BCUT2D eigenvalue weighted by atomic mass is 35.5. The second-order valence-corrected chi connectivity index (χ2v) is 8.16. The lowest BCUT2D eigenvalue weighted by Crippen LogP contribution is -2.41. The standard InChI is InChI=1S/C25H22ClFN4O3/c1-15-13-21(16(2)31(15)20-9-7-19(27)8-10-20)25(33)30-29-23(32)11-12-24-28-14-22(34-24)17-3-5-18(26)6-4-17/h3-10,13-14H,11-12H2,1-2H3,(H,29,32)(H,30,33). The number of hydrazine groups is 1. The summed E-state index contributed by atoms with van der Waals surface area (Å²) in [7, 11) is 0. The number of nitrogens with zero attached hydrogens (tertiary/aromatic N) is 2. The van der Waals surface area contributed by atoms with E-state index in [0.717, 1.165) is 16.9 Å². The zero-order valence-corrected chi connectivity index (χ0v) is 19.3.